The van der Waals surface area contributed by atoms with Gasteiger partial charge in [-0.15, -0.1) is 0 Å². The molecule has 34 heavy (non-hydrogen) atoms. The summed E-state index contributed by atoms with van der Waals surface area (Å²) in [6.45, 7) is 4.60. The molecule has 9 heteroatoms. The zero-order valence-corrected chi connectivity index (χ0v) is 19.5. The number of aryl methyl sites for hydroxylation is 1. The molecule has 0 aromatic heterocycles. The normalized spacial score (nSPS) is 10.8. The molecule has 0 spiro atoms. The van der Waals surface area contributed by atoms with Gasteiger partial charge >= 0.3 is 0 Å². The minimum absolute atomic E-state index is 0.115. The van der Waals surface area contributed by atoms with E-state index in [9.17, 15) is 14.9 Å². The van der Waals surface area contributed by atoms with Crippen LogP contribution >= 0.6 is 11.6 Å². The van der Waals surface area contributed by atoms with E-state index in [1.807, 2.05) is 38.1 Å². The van der Waals surface area contributed by atoms with E-state index in [2.05, 4.69) is 10.5 Å². The molecule has 3 rings (SSSR count). The maximum absolute atomic E-state index is 12.2. The summed E-state index contributed by atoms with van der Waals surface area (Å²) in [7, 11) is 0. The highest BCUT2D eigenvalue weighted by Gasteiger charge is 2.15. The van der Waals surface area contributed by atoms with Crippen LogP contribution in [-0.2, 0) is 17.8 Å². The second kappa shape index (κ2) is 11.8. The van der Waals surface area contributed by atoms with Crippen LogP contribution in [0.2, 0.25) is 5.02 Å². The molecule has 0 atom stereocenters. The standard InChI is InChI=1S/C25H24ClN3O5/c1-3-33-23-13-19(12-21(26)25(23)34-16-18-10-8-17(2)9-11-18)15-27-28-24(30)14-20-6-4-5-7-22(20)29(31)32/h4-13,15H,3,14,16H2,1-2H3,(H,28,30). The molecule has 0 aliphatic rings. The van der Waals surface area contributed by atoms with Crippen molar-refractivity contribution in [2.24, 2.45) is 5.10 Å². The van der Waals surface area contributed by atoms with Gasteiger partial charge in [0.15, 0.2) is 11.5 Å². The van der Waals surface area contributed by atoms with Gasteiger partial charge in [0.2, 0.25) is 5.91 Å². The Labute approximate surface area is 202 Å². The first-order chi connectivity index (χ1) is 16.4. The summed E-state index contributed by atoms with van der Waals surface area (Å²) < 4.78 is 11.6. The molecule has 1 amide bonds. The Hall–Kier alpha value is -3.91. The Bertz CT molecular complexity index is 1200. The van der Waals surface area contributed by atoms with Crippen molar-refractivity contribution in [3.8, 4) is 11.5 Å². The van der Waals surface area contributed by atoms with Gasteiger partial charge in [0.05, 0.1) is 29.2 Å². The van der Waals surface area contributed by atoms with E-state index in [1.54, 1.807) is 24.3 Å². The summed E-state index contributed by atoms with van der Waals surface area (Å²) in [4.78, 5) is 22.8. The SMILES string of the molecule is CCOc1cc(C=NNC(=O)Cc2ccccc2[N+](=O)[O-])cc(Cl)c1OCc1ccc(C)cc1. The summed E-state index contributed by atoms with van der Waals surface area (Å²) in [5.74, 6) is 0.385. The number of halogens is 1. The number of hydrogen-bond donors (Lipinski definition) is 1. The molecule has 0 unspecified atom stereocenters. The molecule has 0 bridgehead atoms. The Kier molecular flexibility index (Phi) is 8.59. The van der Waals surface area contributed by atoms with Crippen LogP contribution in [0.15, 0.2) is 65.8 Å². The lowest BCUT2D eigenvalue weighted by Gasteiger charge is -2.14. The number of nitrogens with zero attached hydrogens (tertiary/aromatic N) is 2. The highest BCUT2D eigenvalue weighted by atomic mass is 35.5. The van der Waals surface area contributed by atoms with Crippen molar-refractivity contribution in [1.82, 2.24) is 5.43 Å². The van der Waals surface area contributed by atoms with E-state index in [0.29, 0.717) is 40.9 Å². The van der Waals surface area contributed by atoms with Crippen LogP contribution in [0.4, 0.5) is 5.69 Å². The van der Waals surface area contributed by atoms with Crippen LogP contribution in [-0.4, -0.2) is 23.7 Å². The maximum atomic E-state index is 12.2. The monoisotopic (exact) mass is 481 g/mol. The average Bonchev–Trinajstić information content (AvgIpc) is 2.80. The van der Waals surface area contributed by atoms with Crippen molar-refractivity contribution >= 4 is 29.4 Å². The number of carbonyl (C=O) groups excluding carboxylic acids is 1. The second-order valence-electron chi connectivity index (χ2n) is 7.39. The number of hydrogen-bond acceptors (Lipinski definition) is 6. The third-order valence-corrected chi connectivity index (χ3v) is 5.06. The van der Waals surface area contributed by atoms with Gasteiger partial charge in [-0.05, 0) is 37.1 Å². The predicted octanol–water partition coefficient (Wildman–Crippen LogP) is 5.23. The van der Waals surface area contributed by atoms with Gasteiger partial charge in [-0.3, -0.25) is 14.9 Å². The average molecular weight is 482 g/mol. The molecule has 0 aliphatic heterocycles. The van der Waals surface area contributed by atoms with Gasteiger partial charge in [0, 0.05) is 11.6 Å². The fraction of sp³-hybridized carbons (Fsp3) is 0.200. The first kappa shape index (κ1) is 24.7. The Morgan fingerprint density at radius 1 is 1.15 bits per heavy atom. The molecular weight excluding hydrogens is 458 g/mol. The van der Waals surface area contributed by atoms with Gasteiger partial charge in [0.1, 0.15) is 6.61 Å². The number of ether oxygens (including phenoxy) is 2. The van der Waals surface area contributed by atoms with Crippen molar-refractivity contribution in [3.63, 3.8) is 0 Å². The molecule has 0 aliphatic carbocycles. The largest absolute Gasteiger partial charge is 0.490 e. The molecule has 3 aromatic rings. The topological polar surface area (TPSA) is 103 Å². The zero-order valence-electron chi connectivity index (χ0n) is 18.8. The molecule has 0 saturated heterocycles. The fourth-order valence-corrected chi connectivity index (χ4v) is 3.41. The number of nitro benzene ring substituents is 1. The van der Waals surface area contributed by atoms with Crippen LogP contribution in [0.3, 0.4) is 0 Å². The molecule has 0 radical (unpaired) electrons. The van der Waals surface area contributed by atoms with Gasteiger partial charge in [-0.2, -0.15) is 5.10 Å². The van der Waals surface area contributed by atoms with Crippen molar-refractivity contribution in [3.05, 3.63) is 98.1 Å². The van der Waals surface area contributed by atoms with Crippen LogP contribution in [0.5, 0.6) is 11.5 Å². The Balaban J connectivity index is 1.67. The molecule has 3 aromatic carbocycles. The maximum Gasteiger partial charge on any atom is 0.273 e. The lowest BCUT2D eigenvalue weighted by molar-refractivity contribution is -0.385. The summed E-state index contributed by atoms with van der Waals surface area (Å²) in [5.41, 5.74) is 5.31. The molecule has 176 valence electrons. The number of nitro groups is 1. The number of para-hydroxylation sites is 1. The van der Waals surface area contributed by atoms with Crippen molar-refractivity contribution in [2.45, 2.75) is 26.9 Å². The lowest BCUT2D eigenvalue weighted by atomic mass is 10.1. The van der Waals surface area contributed by atoms with Crippen LogP contribution < -0.4 is 14.9 Å². The third-order valence-electron chi connectivity index (χ3n) is 4.78. The van der Waals surface area contributed by atoms with E-state index in [0.717, 1.165) is 11.1 Å². The van der Waals surface area contributed by atoms with E-state index < -0.39 is 10.8 Å². The first-order valence-corrected chi connectivity index (χ1v) is 10.9. The van der Waals surface area contributed by atoms with E-state index in [-0.39, 0.29) is 12.1 Å². The molecule has 8 nitrogen and oxygen atoms in total. The number of rotatable bonds is 10. The number of benzene rings is 3. The van der Waals surface area contributed by atoms with Gasteiger partial charge in [0.25, 0.3) is 5.69 Å². The minimum Gasteiger partial charge on any atom is -0.490 e. The number of carbonyl (C=O) groups is 1. The molecular formula is C25H24ClN3O5. The fourth-order valence-electron chi connectivity index (χ4n) is 3.14. The quantitative estimate of drug-likeness (QED) is 0.243. The predicted molar refractivity (Wildman–Crippen MR) is 131 cm³/mol. The molecule has 0 saturated carbocycles. The number of nitrogens with one attached hydrogen (secondary N) is 1. The molecule has 0 fully saturated rings. The molecule has 1 N–H and O–H groups in total. The minimum atomic E-state index is -0.522. The highest BCUT2D eigenvalue weighted by Crippen LogP contribution is 2.37. The van der Waals surface area contributed by atoms with Gasteiger partial charge < -0.3 is 9.47 Å². The van der Waals surface area contributed by atoms with Crippen LogP contribution in [0, 0.1) is 17.0 Å². The van der Waals surface area contributed by atoms with E-state index in [4.69, 9.17) is 21.1 Å². The highest BCUT2D eigenvalue weighted by molar-refractivity contribution is 6.32. The third kappa shape index (κ3) is 6.79. The second-order valence-corrected chi connectivity index (χ2v) is 7.80. The summed E-state index contributed by atoms with van der Waals surface area (Å²) >= 11 is 6.44. The number of amides is 1. The van der Waals surface area contributed by atoms with Crippen LogP contribution in [0.1, 0.15) is 29.2 Å². The Morgan fingerprint density at radius 2 is 1.88 bits per heavy atom. The number of hydrazone groups is 1. The van der Waals surface area contributed by atoms with Crippen molar-refractivity contribution < 1.29 is 19.2 Å². The smallest absolute Gasteiger partial charge is 0.273 e. The van der Waals surface area contributed by atoms with E-state index >= 15 is 0 Å². The molecule has 0 heterocycles. The first-order valence-electron chi connectivity index (χ1n) is 10.6. The van der Waals surface area contributed by atoms with Gasteiger partial charge in [-0.1, -0.05) is 59.6 Å². The summed E-state index contributed by atoms with van der Waals surface area (Å²) in [5, 5.41) is 15.4. The van der Waals surface area contributed by atoms with E-state index in [1.165, 1.54) is 18.3 Å². The van der Waals surface area contributed by atoms with Crippen LogP contribution in [0.25, 0.3) is 0 Å². The van der Waals surface area contributed by atoms with Gasteiger partial charge in [-0.25, -0.2) is 5.43 Å². The van der Waals surface area contributed by atoms with Crippen molar-refractivity contribution in [2.75, 3.05) is 6.61 Å². The summed E-state index contributed by atoms with van der Waals surface area (Å²) in [6.07, 6.45) is 1.24. The summed E-state index contributed by atoms with van der Waals surface area (Å²) in [6, 6.07) is 17.4. The van der Waals surface area contributed by atoms with Crippen molar-refractivity contribution in [1.29, 1.82) is 0 Å². The Morgan fingerprint density at radius 3 is 2.59 bits per heavy atom. The zero-order chi connectivity index (χ0) is 24.5. The lowest BCUT2D eigenvalue weighted by Crippen LogP contribution is -2.20.